The highest BCUT2D eigenvalue weighted by Gasteiger charge is 2.38. The zero-order chi connectivity index (χ0) is 26.0. The van der Waals surface area contributed by atoms with E-state index in [0.717, 1.165) is 4.90 Å². The lowest BCUT2D eigenvalue weighted by atomic mass is 10.1. The topological polar surface area (TPSA) is 254 Å². The van der Waals surface area contributed by atoms with Crippen molar-refractivity contribution < 1.29 is 54.0 Å². The summed E-state index contributed by atoms with van der Waals surface area (Å²) in [5.74, 6) is -8.13. The Morgan fingerprint density at radius 3 is 1.85 bits per heavy atom. The Labute approximate surface area is 193 Å². The quantitative estimate of drug-likeness (QED) is 0.135. The smallest absolute Gasteiger partial charge is 0.326 e. The van der Waals surface area contributed by atoms with Gasteiger partial charge in [0.15, 0.2) is 0 Å². The van der Waals surface area contributed by atoms with Crippen LogP contribution in [0, 0.1) is 0 Å². The number of rotatable bonds is 14. The second kappa shape index (κ2) is 13.1. The molecule has 1 rings (SSSR count). The molecule has 0 aromatic rings. The van der Waals surface area contributed by atoms with Crippen molar-refractivity contribution in [3.05, 3.63) is 0 Å². The largest absolute Gasteiger partial charge is 0.481 e. The van der Waals surface area contributed by atoms with Crippen molar-refractivity contribution in [3.63, 3.8) is 0 Å². The van der Waals surface area contributed by atoms with Crippen molar-refractivity contribution in [2.45, 2.75) is 69.1 Å². The lowest BCUT2D eigenvalue weighted by Crippen LogP contribution is -2.57. The van der Waals surface area contributed by atoms with Gasteiger partial charge in [-0.25, -0.2) is 4.79 Å². The summed E-state index contributed by atoms with van der Waals surface area (Å²) >= 11 is 0. The number of carbonyl (C=O) groups excluding carboxylic acids is 3. The van der Waals surface area contributed by atoms with E-state index in [-0.39, 0.29) is 19.4 Å². The Morgan fingerprint density at radius 2 is 1.35 bits per heavy atom. The molecule has 0 spiro atoms. The van der Waals surface area contributed by atoms with E-state index in [4.69, 9.17) is 21.1 Å². The van der Waals surface area contributed by atoms with E-state index < -0.39 is 91.4 Å². The zero-order valence-corrected chi connectivity index (χ0v) is 18.1. The van der Waals surface area contributed by atoms with Gasteiger partial charge in [-0.2, -0.15) is 0 Å². The maximum atomic E-state index is 12.9. The summed E-state index contributed by atoms with van der Waals surface area (Å²) < 4.78 is 0. The number of hydrogen-bond acceptors (Lipinski definition) is 8. The summed E-state index contributed by atoms with van der Waals surface area (Å²) in [4.78, 5) is 83.0. The molecule has 190 valence electrons. The number of likely N-dealkylation sites (tertiary alicyclic amines) is 1. The third-order valence-electron chi connectivity index (χ3n) is 5.09. The van der Waals surface area contributed by atoms with E-state index in [0.29, 0.717) is 6.42 Å². The average Bonchev–Trinajstić information content (AvgIpc) is 3.22. The lowest BCUT2D eigenvalue weighted by molar-refractivity contribution is -0.150. The van der Waals surface area contributed by atoms with Crippen molar-refractivity contribution in [1.82, 2.24) is 15.5 Å². The summed E-state index contributed by atoms with van der Waals surface area (Å²) in [5.41, 5.74) is 5.46. The van der Waals surface area contributed by atoms with Crippen LogP contribution in [0.15, 0.2) is 0 Å². The van der Waals surface area contributed by atoms with E-state index in [1.165, 1.54) is 0 Å². The second-order valence-corrected chi connectivity index (χ2v) is 7.72. The third kappa shape index (κ3) is 9.01. The SMILES string of the molecule is N[C@@H](CC(=O)O)C(=O)N[C@@H](CCC(=O)O)C(=O)N[C@@H](CCC(=O)O)C(=O)N1CCC[C@H]1C(=O)O. The highest BCUT2D eigenvalue weighted by molar-refractivity contribution is 5.95. The number of carboxylic acid groups (broad SMARTS) is 4. The van der Waals surface area contributed by atoms with E-state index >= 15 is 0 Å². The van der Waals surface area contributed by atoms with Gasteiger partial charge in [-0.1, -0.05) is 0 Å². The summed E-state index contributed by atoms with van der Waals surface area (Å²) in [6, 6.07) is -5.67. The molecule has 15 heteroatoms. The summed E-state index contributed by atoms with van der Waals surface area (Å²) in [7, 11) is 0. The molecule has 1 fully saturated rings. The fraction of sp³-hybridized carbons (Fsp3) is 0.632. The fourth-order valence-corrected chi connectivity index (χ4v) is 3.38. The Morgan fingerprint density at radius 1 is 0.824 bits per heavy atom. The highest BCUT2D eigenvalue weighted by atomic mass is 16.4. The normalized spacial score (nSPS) is 17.8. The molecule has 15 nitrogen and oxygen atoms in total. The molecule has 1 aliphatic rings. The van der Waals surface area contributed by atoms with Crippen molar-refractivity contribution in [2.75, 3.05) is 6.54 Å². The Balaban J connectivity index is 3.05. The van der Waals surface area contributed by atoms with E-state index in [1.807, 2.05) is 0 Å². The van der Waals surface area contributed by atoms with E-state index in [2.05, 4.69) is 10.6 Å². The van der Waals surface area contributed by atoms with Gasteiger partial charge < -0.3 is 41.7 Å². The number of nitrogens with one attached hydrogen (secondary N) is 2. The Kier molecular flexibility index (Phi) is 10.9. The molecule has 3 amide bonds. The fourth-order valence-electron chi connectivity index (χ4n) is 3.38. The Bertz CT molecular complexity index is 831. The maximum absolute atomic E-state index is 12.9. The predicted octanol–water partition coefficient (Wildman–Crippen LogP) is -2.44. The maximum Gasteiger partial charge on any atom is 0.326 e. The summed E-state index contributed by atoms with van der Waals surface area (Å²) in [6.07, 6.45) is -2.13. The van der Waals surface area contributed by atoms with Crippen LogP contribution in [-0.4, -0.2) is 97.6 Å². The highest BCUT2D eigenvalue weighted by Crippen LogP contribution is 2.20. The molecule has 8 N–H and O–H groups in total. The Hall–Kier alpha value is -3.75. The van der Waals surface area contributed by atoms with Crippen molar-refractivity contribution in [3.8, 4) is 0 Å². The molecule has 1 aliphatic heterocycles. The van der Waals surface area contributed by atoms with Crippen molar-refractivity contribution in [1.29, 1.82) is 0 Å². The van der Waals surface area contributed by atoms with Crippen LogP contribution >= 0.6 is 0 Å². The van der Waals surface area contributed by atoms with Crippen LogP contribution in [0.2, 0.25) is 0 Å². The molecule has 1 heterocycles. The van der Waals surface area contributed by atoms with Gasteiger partial charge >= 0.3 is 23.9 Å². The molecule has 4 atom stereocenters. The van der Waals surface area contributed by atoms with E-state index in [1.54, 1.807) is 0 Å². The molecule has 0 aliphatic carbocycles. The molecule has 34 heavy (non-hydrogen) atoms. The number of carbonyl (C=O) groups is 7. The van der Waals surface area contributed by atoms with Crippen LogP contribution in [0.4, 0.5) is 0 Å². The number of carboxylic acids is 4. The van der Waals surface area contributed by atoms with Gasteiger partial charge in [0.05, 0.1) is 12.5 Å². The first-order valence-corrected chi connectivity index (χ1v) is 10.4. The molecular weight excluding hydrogens is 460 g/mol. The van der Waals surface area contributed by atoms with Gasteiger partial charge in [0.25, 0.3) is 0 Å². The third-order valence-corrected chi connectivity index (χ3v) is 5.09. The number of aliphatic carboxylic acids is 4. The van der Waals surface area contributed by atoms with Gasteiger partial charge in [0.1, 0.15) is 18.1 Å². The van der Waals surface area contributed by atoms with Gasteiger partial charge in [0.2, 0.25) is 17.7 Å². The summed E-state index contributed by atoms with van der Waals surface area (Å²) in [6.45, 7) is 0.0818. The van der Waals surface area contributed by atoms with Crippen LogP contribution in [0.1, 0.15) is 44.9 Å². The molecule has 0 bridgehead atoms. The second-order valence-electron chi connectivity index (χ2n) is 7.72. The molecular formula is C19H28N4O11. The number of nitrogens with two attached hydrogens (primary N) is 1. The van der Waals surface area contributed by atoms with Crippen molar-refractivity contribution in [2.24, 2.45) is 5.73 Å². The zero-order valence-electron chi connectivity index (χ0n) is 18.1. The first-order valence-electron chi connectivity index (χ1n) is 10.4. The first kappa shape index (κ1) is 28.3. The first-order chi connectivity index (χ1) is 15.8. The molecule has 0 unspecified atom stereocenters. The van der Waals surface area contributed by atoms with Crippen LogP contribution in [0.25, 0.3) is 0 Å². The van der Waals surface area contributed by atoms with Crippen LogP contribution in [0.3, 0.4) is 0 Å². The molecule has 0 radical (unpaired) electrons. The van der Waals surface area contributed by atoms with Gasteiger partial charge in [-0.15, -0.1) is 0 Å². The number of nitrogens with zero attached hydrogens (tertiary/aromatic N) is 1. The minimum atomic E-state index is -1.54. The molecule has 0 saturated carbocycles. The lowest BCUT2D eigenvalue weighted by Gasteiger charge is -2.28. The monoisotopic (exact) mass is 488 g/mol. The standard InChI is InChI=1S/C19H28N4O11/c20-9(8-15(28)29)16(30)21-10(3-5-13(24)25)17(31)22-11(4-6-14(26)27)18(32)23-7-1-2-12(23)19(33)34/h9-12H,1-8,20H2,(H,21,30)(H,22,31)(H,24,25)(H,26,27)(H,28,29)(H,33,34)/t9-,10-,11-,12-/m0/s1. The van der Waals surface area contributed by atoms with Crippen LogP contribution < -0.4 is 16.4 Å². The molecule has 0 aromatic carbocycles. The van der Waals surface area contributed by atoms with Gasteiger partial charge in [-0.05, 0) is 25.7 Å². The number of hydrogen-bond donors (Lipinski definition) is 7. The van der Waals surface area contributed by atoms with Crippen LogP contribution in [-0.2, 0) is 33.6 Å². The van der Waals surface area contributed by atoms with E-state index in [9.17, 15) is 38.7 Å². The minimum absolute atomic E-state index is 0.0818. The summed E-state index contributed by atoms with van der Waals surface area (Å²) in [5, 5.41) is 40.4. The van der Waals surface area contributed by atoms with Crippen molar-refractivity contribution >= 4 is 41.6 Å². The minimum Gasteiger partial charge on any atom is -0.481 e. The average molecular weight is 488 g/mol. The predicted molar refractivity (Wildman–Crippen MR) is 110 cm³/mol. The van der Waals surface area contributed by atoms with Gasteiger partial charge in [0, 0.05) is 19.4 Å². The molecule has 1 saturated heterocycles. The molecule has 0 aromatic heterocycles. The van der Waals surface area contributed by atoms with Crippen LogP contribution in [0.5, 0.6) is 0 Å². The number of amides is 3. The van der Waals surface area contributed by atoms with Gasteiger partial charge in [-0.3, -0.25) is 28.8 Å².